The van der Waals surface area contributed by atoms with Crippen LogP contribution < -0.4 is 0 Å². The standard InChI is InChI=1S/C21H25N3O3S/c1-16-22-18(14-28-16)20(26)23-10-8-21(9-11-23)15-24(19(25)7-12-27-21)13-17-5-3-2-4-6-17/h2-6,14H,7-13,15H2,1H3. The van der Waals surface area contributed by atoms with Crippen molar-refractivity contribution in [2.24, 2.45) is 0 Å². The molecule has 6 nitrogen and oxygen atoms in total. The lowest BCUT2D eigenvalue weighted by atomic mass is 9.90. The number of aryl methyl sites for hydroxylation is 1. The summed E-state index contributed by atoms with van der Waals surface area (Å²) in [5, 5.41) is 2.73. The molecule has 0 bridgehead atoms. The number of benzene rings is 1. The summed E-state index contributed by atoms with van der Waals surface area (Å²) < 4.78 is 6.19. The molecule has 2 aliphatic rings. The van der Waals surface area contributed by atoms with Crippen LogP contribution in [0.5, 0.6) is 0 Å². The Morgan fingerprint density at radius 3 is 2.68 bits per heavy atom. The number of amides is 2. The largest absolute Gasteiger partial charge is 0.372 e. The molecule has 7 heteroatoms. The van der Waals surface area contributed by atoms with Crippen LogP contribution in [0.25, 0.3) is 0 Å². The van der Waals surface area contributed by atoms with Crippen LogP contribution >= 0.6 is 11.3 Å². The van der Waals surface area contributed by atoms with Gasteiger partial charge >= 0.3 is 0 Å². The summed E-state index contributed by atoms with van der Waals surface area (Å²) in [6.07, 6.45) is 1.89. The van der Waals surface area contributed by atoms with E-state index in [0.29, 0.717) is 44.9 Å². The lowest BCUT2D eigenvalue weighted by molar-refractivity contribution is -0.132. The van der Waals surface area contributed by atoms with E-state index in [1.165, 1.54) is 11.3 Å². The van der Waals surface area contributed by atoms with Gasteiger partial charge in [0, 0.05) is 25.0 Å². The summed E-state index contributed by atoms with van der Waals surface area (Å²) in [5.74, 6) is 0.127. The number of carbonyl (C=O) groups excluding carboxylic acids is 2. The zero-order valence-corrected chi connectivity index (χ0v) is 16.9. The Bertz CT molecular complexity index is 844. The third-order valence-electron chi connectivity index (χ3n) is 5.57. The second-order valence-electron chi connectivity index (χ2n) is 7.56. The Labute approximate surface area is 169 Å². The third-order valence-corrected chi connectivity index (χ3v) is 6.35. The Balaban J connectivity index is 1.43. The molecule has 28 heavy (non-hydrogen) atoms. The number of nitrogens with zero attached hydrogens (tertiary/aromatic N) is 3. The van der Waals surface area contributed by atoms with Crippen LogP contribution in [-0.2, 0) is 16.1 Å². The van der Waals surface area contributed by atoms with Crippen LogP contribution in [0.4, 0.5) is 0 Å². The molecule has 0 aliphatic carbocycles. The molecular formula is C21H25N3O3S. The third kappa shape index (κ3) is 4.10. The minimum Gasteiger partial charge on any atom is -0.372 e. The maximum absolute atomic E-state index is 12.7. The molecule has 1 spiro atoms. The summed E-state index contributed by atoms with van der Waals surface area (Å²) in [4.78, 5) is 33.3. The van der Waals surface area contributed by atoms with Gasteiger partial charge in [-0.15, -0.1) is 11.3 Å². The second-order valence-corrected chi connectivity index (χ2v) is 8.62. The highest BCUT2D eigenvalue weighted by atomic mass is 32.1. The Hall–Kier alpha value is -2.25. The van der Waals surface area contributed by atoms with Gasteiger partial charge in [0.25, 0.3) is 5.91 Å². The van der Waals surface area contributed by atoms with E-state index < -0.39 is 0 Å². The van der Waals surface area contributed by atoms with Gasteiger partial charge in [-0.1, -0.05) is 30.3 Å². The second kappa shape index (κ2) is 8.01. The molecular weight excluding hydrogens is 374 g/mol. The number of hydrogen-bond acceptors (Lipinski definition) is 5. The lowest BCUT2D eigenvalue weighted by Crippen LogP contribution is -2.53. The SMILES string of the molecule is Cc1nc(C(=O)N2CCC3(CC2)CN(Cc2ccccc2)C(=O)CCO3)cs1. The van der Waals surface area contributed by atoms with Crippen LogP contribution in [0.2, 0.25) is 0 Å². The van der Waals surface area contributed by atoms with Crippen molar-refractivity contribution in [3.8, 4) is 0 Å². The average molecular weight is 400 g/mol. The van der Waals surface area contributed by atoms with Gasteiger partial charge in [0.2, 0.25) is 5.91 Å². The molecule has 0 atom stereocenters. The minimum absolute atomic E-state index is 0.00922. The number of hydrogen-bond donors (Lipinski definition) is 0. The van der Waals surface area contributed by atoms with E-state index in [4.69, 9.17) is 4.74 Å². The van der Waals surface area contributed by atoms with Gasteiger partial charge in [-0.2, -0.15) is 0 Å². The van der Waals surface area contributed by atoms with E-state index in [1.54, 1.807) is 0 Å². The van der Waals surface area contributed by atoms with E-state index in [0.717, 1.165) is 23.4 Å². The fourth-order valence-electron chi connectivity index (χ4n) is 3.99. The fraction of sp³-hybridized carbons (Fsp3) is 0.476. The molecule has 0 radical (unpaired) electrons. The van der Waals surface area contributed by atoms with Crippen LogP contribution in [0.3, 0.4) is 0 Å². The molecule has 2 saturated heterocycles. The Morgan fingerprint density at radius 2 is 2.00 bits per heavy atom. The van der Waals surface area contributed by atoms with Crippen LogP contribution in [-0.4, -0.2) is 58.4 Å². The zero-order chi connectivity index (χ0) is 19.6. The summed E-state index contributed by atoms with van der Waals surface area (Å²) in [5.41, 5.74) is 1.29. The minimum atomic E-state index is -0.365. The zero-order valence-electron chi connectivity index (χ0n) is 16.1. The van der Waals surface area contributed by atoms with Crippen molar-refractivity contribution in [1.82, 2.24) is 14.8 Å². The Morgan fingerprint density at radius 1 is 1.25 bits per heavy atom. The molecule has 0 N–H and O–H groups in total. The fourth-order valence-corrected chi connectivity index (χ4v) is 4.57. The van der Waals surface area contributed by atoms with Gasteiger partial charge in [-0.25, -0.2) is 4.98 Å². The summed E-state index contributed by atoms with van der Waals surface area (Å²) in [6, 6.07) is 10.1. The normalized spacial score (nSPS) is 19.7. The van der Waals surface area contributed by atoms with Gasteiger partial charge in [-0.05, 0) is 25.3 Å². The van der Waals surface area contributed by atoms with Crippen molar-refractivity contribution in [2.45, 2.75) is 38.3 Å². The summed E-state index contributed by atoms with van der Waals surface area (Å²) in [7, 11) is 0. The number of likely N-dealkylation sites (tertiary alicyclic amines) is 1. The molecule has 148 valence electrons. The molecule has 4 rings (SSSR count). The molecule has 1 aromatic carbocycles. The average Bonchev–Trinajstić information content (AvgIpc) is 3.08. The number of thiazole rings is 1. The molecule has 2 aromatic rings. The number of piperidine rings is 1. The number of aromatic nitrogens is 1. The van der Waals surface area contributed by atoms with Crippen molar-refractivity contribution in [3.63, 3.8) is 0 Å². The van der Waals surface area contributed by atoms with E-state index >= 15 is 0 Å². The van der Waals surface area contributed by atoms with Crippen molar-refractivity contribution < 1.29 is 14.3 Å². The van der Waals surface area contributed by atoms with E-state index in [2.05, 4.69) is 4.98 Å². The predicted octanol–water partition coefficient (Wildman–Crippen LogP) is 2.88. The monoisotopic (exact) mass is 399 g/mol. The van der Waals surface area contributed by atoms with E-state index in [9.17, 15) is 9.59 Å². The summed E-state index contributed by atoms with van der Waals surface area (Å²) in [6.45, 7) is 4.79. The van der Waals surface area contributed by atoms with Crippen LogP contribution in [0.1, 0.15) is 40.3 Å². The number of carbonyl (C=O) groups is 2. The van der Waals surface area contributed by atoms with Crippen molar-refractivity contribution >= 4 is 23.2 Å². The van der Waals surface area contributed by atoms with Gasteiger partial charge in [0.1, 0.15) is 5.69 Å². The first-order valence-electron chi connectivity index (χ1n) is 9.72. The van der Waals surface area contributed by atoms with Gasteiger partial charge in [0.05, 0.1) is 30.2 Å². The van der Waals surface area contributed by atoms with Gasteiger partial charge < -0.3 is 14.5 Å². The maximum Gasteiger partial charge on any atom is 0.273 e. The van der Waals surface area contributed by atoms with Crippen molar-refractivity contribution in [3.05, 3.63) is 52.0 Å². The predicted molar refractivity (Wildman–Crippen MR) is 107 cm³/mol. The topological polar surface area (TPSA) is 62.7 Å². The highest BCUT2D eigenvalue weighted by Gasteiger charge is 2.41. The molecule has 1 aromatic heterocycles. The van der Waals surface area contributed by atoms with Gasteiger partial charge in [0.15, 0.2) is 0 Å². The maximum atomic E-state index is 12.7. The first kappa shape index (κ1) is 19.1. The van der Waals surface area contributed by atoms with E-state index in [-0.39, 0.29) is 17.4 Å². The highest BCUT2D eigenvalue weighted by molar-refractivity contribution is 7.09. The lowest BCUT2D eigenvalue weighted by Gasteiger charge is -2.42. The molecule has 0 unspecified atom stereocenters. The molecule has 2 amide bonds. The number of rotatable bonds is 3. The highest BCUT2D eigenvalue weighted by Crippen LogP contribution is 2.31. The smallest absolute Gasteiger partial charge is 0.273 e. The molecule has 2 aliphatic heterocycles. The van der Waals surface area contributed by atoms with Crippen LogP contribution in [0.15, 0.2) is 35.7 Å². The first-order valence-corrected chi connectivity index (χ1v) is 10.6. The van der Waals surface area contributed by atoms with Crippen LogP contribution in [0, 0.1) is 6.92 Å². The molecule has 0 saturated carbocycles. The number of ether oxygens (including phenoxy) is 1. The first-order chi connectivity index (χ1) is 13.5. The Kier molecular flexibility index (Phi) is 5.46. The van der Waals surface area contributed by atoms with E-state index in [1.807, 2.05) is 52.4 Å². The van der Waals surface area contributed by atoms with Crippen molar-refractivity contribution in [1.29, 1.82) is 0 Å². The van der Waals surface area contributed by atoms with Gasteiger partial charge in [-0.3, -0.25) is 9.59 Å². The van der Waals surface area contributed by atoms with Crippen molar-refractivity contribution in [2.75, 3.05) is 26.2 Å². The molecule has 2 fully saturated rings. The molecule has 3 heterocycles. The quantitative estimate of drug-likeness (QED) is 0.796. The summed E-state index contributed by atoms with van der Waals surface area (Å²) >= 11 is 1.49.